The zero-order valence-electron chi connectivity index (χ0n) is 16.6. The Morgan fingerprint density at radius 3 is 2.71 bits per heavy atom. The van der Waals surface area contributed by atoms with Gasteiger partial charge in [0.15, 0.2) is 11.5 Å². The molecule has 2 aliphatic heterocycles. The van der Waals surface area contributed by atoms with E-state index in [1.54, 1.807) is 12.1 Å². The number of ether oxygens (including phenoxy) is 2. The fourth-order valence-corrected chi connectivity index (χ4v) is 4.90. The summed E-state index contributed by atoms with van der Waals surface area (Å²) in [5.74, 6) is 1.34. The second kappa shape index (κ2) is 7.06. The standard InChI is InChI=1S/C25H19ClN2O3/c26-19-7-3-1-6-18(19)25(29)28-12-11-17-16-5-2-4-8-20(16)27-23(17)24(28)15-9-10-21-22(13-15)31-14-30-21/h1-10,13,24,27H,11-12,14H2/t24-/m1/s1. The molecule has 0 spiro atoms. The maximum absolute atomic E-state index is 13.6. The largest absolute Gasteiger partial charge is 0.454 e. The minimum Gasteiger partial charge on any atom is -0.454 e. The van der Waals surface area contributed by atoms with Crippen LogP contribution in [0.15, 0.2) is 66.7 Å². The van der Waals surface area contributed by atoms with Crippen molar-refractivity contribution in [3.05, 3.63) is 94.1 Å². The first-order valence-electron chi connectivity index (χ1n) is 10.3. The number of benzene rings is 3. The van der Waals surface area contributed by atoms with Crippen LogP contribution in [-0.2, 0) is 6.42 Å². The zero-order chi connectivity index (χ0) is 20.9. The van der Waals surface area contributed by atoms with Crippen molar-refractivity contribution < 1.29 is 14.3 Å². The van der Waals surface area contributed by atoms with Gasteiger partial charge in [0.1, 0.15) is 0 Å². The first kappa shape index (κ1) is 18.3. The van der Waals surface area contributed by atoms with E-state index in [0.29, 0.717) is 22.9 Å². The highest BCUT2D eigenvalue weighted by molar-refractivity contribution is 6.33. The molecule has 154 valence electrons. The van der Waals surface area contributed by atoms with E-state index in [9.17, 15) is 4.79 Å². The molecule has 2 aliphatic rings. The molecule has 6 heteroatoms. The lowest BCUT2D eigenvalue weighted by molar-refractivity contribution is 0.0692. The predicted molar refractivity (Wildman–Crippen MR) is 119 cm³/mol. The number of rotatable bonds is 2. The number of amides is 1. The molecule has 6 rings (SSSR count). The van der Waals surface area contributed by atoms with Crippen LogP contribution < -0.4 is 9.47 Å². The highest BCUT2D eigenvalue weighted by atomic mass is 35.5. The molecule has 0 bridgehead atoms. The number of carbonyl (C=O) groups excluding carboxylic acids is 1. The van der Waals surface area contributed by atoms with Crippen LogP contribution in [0.3, 0.4) is 0 Å². The van der Waals surface area contributed by atoms with Crippen molar-refractivity contribution in [3.63, 3.8) is 0 Å². The zero-order valence-corrected chi connectivity index (χ0v) is 17.4. The van der Waals surface area contributed by atoms with Gasteiger partial charge in [0.25, 0.3) is 5.91 Å². The quantitative estimate of drug-likeness (QED) is 0.467. The van der Waals surface area contributed by atoms with E-state index in [4.69, 9.17) is 21.1 Å². The van der Waals surface area contributed by atoms with Crippen molar-refractivity contribution in [1.29, 1.82) is 0 Å². The lowest BCUT2D eigenvalue weighted by Crippen LogP contribution is -2.40. The Kier molecular flexibility index (Phi) is 4.18. The fraction of sp³-hybridized carbons (Fsp3) is 0.160. The van der Waals surface area contributed by atoms with Crippen molar-refractivity contribution in [2.24, 2.45) is 0 Å². The van der Waals surface area contributed by atoms with E-state index in [0.717, 1.165) is 28.9 Å². The van der Waals surface area contributed by atoms with Crippen molar-refractivity contribution >= 4 is 28.4 Å². The van der Waals surface area contributed by atoms with Gasteiger partial charge in [-0.05, 0) is 47.9 Å². The van der Waals surface area contributed by atoms with Gasteiger partial charge in [-0.25, -0.2) is 0 Å². The number of para-hydroxylation sites is 1. The van der Waals surface area contributed by atoms with Crippen LogP contribution in [0.2, 0.25) is 5.02 Å². The van der Waals surface area contributed by atoms with Crippen LogP contribution >= 0.6 is 11.6 Å². The van der Waals surface area contributed by atoms with Gasteiger partial charge in [-0.2, -0.15) is 0 Å². The van der Waals surface area contributed by atoms with Crippen molar-refractivity contribution in [2.75, 3.05) is 13.3 Å². The molecule has 0 saturated carbocycles. The molecule has 0 aliphatic carbocycles. The first-order valence-corrected chi connectivity index (χ1v) is 10.6. The molecule has 3 heterocycles. The van der Waals surface area contributed by atoms with Crippen LogP contribution in [0.5, 0.6) is 11.5 Å². The fourth-order valence-electron chi connectivity index (χ4n) is 4.68. The molecule has 0 fully saturated rings. The molecular formula is C25H19ClN2O3. The Labute approximate surface area is 184 Å². The van der Waals surface area contributed by atoms with Gasteiger partial charge in [0.05, 0.1) is 16.6 Å². The van der Waals surface area contributed by atoms with E-state index in [-0.39, 0.29) is 18.7 Å². The summed E-state index contributed by atoms with van der Waals surface area (Å²) < 4.78 is 11.1. The third-order valence-corrected chi connectivity index (χ3v) is 6.44. The average Bonchev–Trinajstić information content (AvgIpc) is 3.42. The third kappa shape index (κ3) is 2.88. The molecule has 5 nitrogen and oxygen atoms in total. The highest BCUT2D eigenvalue weighted by Gasteiger charge is 2.36. The lowest BCUT2D eigenvalue weighted by Gasteiger charge is -2.36. The molecule has 1 amide bonds. The number of aromatic nitrogens is 1. The van der Waals surface area contributed by atoms with Gasteiger partial charge in [-0.15, -0.1) is 0 Å². The van der Waals surface area contributed by atoms with Crippen molar-refractivity contribution in [3.8, 4) is 11.5 Å². The minimum absolute atomic E-state index is 0.0856. The summed E-state index contributed by atoms with van der Waals surface area (Å²) in [4.78, 5) is 19.1. The Balaban J connectivity index is 1.53. The maximum Gasteiger partial charge on any atom is 0.256 e. The molecular weight excluding hydrogens is 412 g/mol. The normalized spacial score (nSPS) is 17.1. The summed E-state index contributed by atoms with van der Waals surface area (Å²) in [6.07, 6.45) is 0.774. The summed E-state index contributed by atoms with van der Waals surface area (Å²) in [6.45, 7) is 0.807. The lowest BCUT2D eigenvalue weighted by atomic mass is 9.91. The van der Waals surface area contributed by atoms with Crippen molar-refractivity contribution in [1.82, 2.24) is 9.88 Å². The Morgan fingerprint density at radius 1 is 1.00 bits per heavy atom. The number of hydrogen-bond donors (Lipinski definition) is 1. The summed E-state index contributed by atoms with van der Waals surface area (Å²) >= 11 is 6.38. The van der Waals surface area contributed by atoms with Gasteiger partial charge in [-0.1, -0.05) is 48.0 Å². The molecule has 31 heavy (non-hydrogen) atoms. The Hall–Kier alpha value is -3.44. The van der Waals surface area contributed by atoms with Crippen LogP contribution in [0, 0.1) is 0 Å². The number of H-pyrrole nitrogens is 1. The molecule has 1 N–H and O–H groups in total. The number of halogens is 1. The van der Waals surface area contributed by atoms with E-state index >= 15 is 0 Å². The topological polar surface area (TPSA) is 54.6 Å². The molecule has 1 aromatic heterocycles. The van der Waals surface area contributed by atoms with E-state index in [1.807, 2.05) is 47.4 Å². The Bertz CT molecular complexity index is 1330. The third-order valence-electron chi connectivity index (χ3n) is 6.11. The average molecular weight is 431 g/mol. The second-order valence-corrected chi connectivity index (χ2v) is 8.21. The van der Waals surface area contributed by atoms with E-state index in [2.05, 4.69) is 17.1 Å². The van der Waals surface area contributed by atoms with E-state index in [1.165, 1.54) is 10.9 Å². The van der Waals surface area contributed by atoms with Gasteiger partial charge >= 0.3 is 0 Å². The number of aromatic amines is 1. The molecule has 0 saturated heterocycles. The van der Waals surface area contributed by atoms with E-state index < -0.39 is 0 Å². The number of fused-ring (bicyclic) bond motifs is 4. The second-order valence-electron chi connectivity index (χ2n) is 7.81. The highest BCUT2D eigenvalue weighted by Crippen LogP contribution is 2.42. The summed E-state index contributed by atoms with van der Waals surface area (Å²) in [7, 11) is 0. The van der Waals surface area contributed by atoms with Gasteiger partial charge in [-0.3, -0.25) is 4.79 Å². The SMILES string of the molecule is O=C(c1ccccc1Cl)N1CCc2c([nH]c3ccccc23)[C@H]1c1ccc2c(c1)OCO2. The van der Waals surface area contributed by atoms with Crippen LogP contribution in [0.4, 0.5) is 0 Å². The van der Waals surface area contributed by atoms with Gasteiger partial charge < -0.3 is 19.4 Å². The monoisotopic (exact) mass is 430 g/mol. The molecule has 3 aromatic carbocycles. The number of carbonyl (C=O) groups is 1. The van der Waals surface area contributed by atoms with Crippen LogP contribution in [0.1, 0.15) is 33.2 Å². The number of nitrogens with one attached hydrogen (secondary N) is 1. The number of hydrogen-bond acceptors (Lipinski definition) is 3. The number of nitrogens with zero attached hydrogens (tertiary/aromatic N) is 1. The van der Waals surface area contributed by atoms with Crippen LogP contribution in [0.25, 0.3) is 10.9 Å². The first-order chi connectivity index (χ1) is 15.2. The van der Waals surface area contributed by atoms with Crippen molar-refractivity contribution in [2.45, 2.75) is 12.5 Å². The molecule has 0 radical (unpaired) electrons. The molecule has 0 unspecified atom stereocenters. The predicted octanol–water partition coefficient (Wildman–Crippen LogP) is 5.34. The van der Waals surface area contributed by atoms with Gasteiger partial charge in [0.2, 0.25) is 6.79 Å². The van der Waals surface area contributed by atoms with Gasteiger partial charge in [0, 0.05) is 23.1 Å². The minimum atomic E-state index is -0.283. The summed E-state index contributed by atoms with van der Waals surface area (Å²) in [5.41, 5.74) is 4.84. The summed E-state index contributed by atoms with van der Waals surface area (Å²) in [5, 5.41) is 1.66. The Morgan fingerprint density at radius 2 is 1.81 bits per heavy atom. The molecule has 1 atom stereocenters. The molecule has 4 aromatic rings. The maximum atomic E-state index is 13.6. The smallest absolute Gasteiger partial charge is 0.256 e. The van der Waals surface area contributed by atoms with Crippen LogP contribution in [-0.4, -0.2) is 29.1 Å². The summed E-state index contributed by atoms with van der Waals surface area (Å²) in [6, 6.07) is 21.1.